The molecule has 0 saturated heterocycles. The van der Waals surface area contributed by atoms with Crippen LogP contribution in [-0.4, -0.2) is 84.5 Å². The van der Waals surface area contributed by atoms with E-state index in [1.165, 1.54) is 25.3 Å². The van der Waals surface area contributed by atoms with E-state index < -0.39 is 59.8 Å². The van der Waals surface area contributed by atoms with Crippen molar-refractivity contribution in [3.8, 4) is 0 Å². The van der Waals surface area contributed by atoms with Crippen molar-refractivity contribution in [1.29, 1.82) is 0 Å². The molecule has 43 heavy (non-hydrogen) atoms. The highest BCUT2D eigenvalue weighted by Crippen LogP contribution is 2.12. The van der Waals surface area contributed by atoms with Crippen molar-refractivity contribution in [3.63, 3.8) is 0 Å². The van der Waals surface area contributed by atoms with Gasteiger partial charge < -0.3 is 42.9 Å². The zero-order valence-electron chi connectivity index (χ0n) is 22.8. The van der Waals surface area contributed by atoms with Crippen molar-refractivity contribution in [1.82, 2.24) is 35.9 Å². The van der Waals surface area contributed by atoms with Gasteiger partial charge >= 0.3 is 11.9 Å². The first-order valence-corrected chi connectivity index (χ1v) is 12.8. The molecule has 228 valence electrons. The Kier molecular flexibility index (Phi) is 10.6. The van der Waals surface area contributed by atoms with E-state index in [1.54, 1.807) is 12.1 Å². The third-order valence-corrected chi connectivity index (χ3v) is 5.96. The summed E-state index contributed by atoms with van der Waals surface area (Å²) in [6.45, 7) is 1.37. The van der Waals surface area contributed by atoms with E-state index in [0.717, 1.165) is 0 Å². The Labute approximate surface area is 242 Å². The number of rotatable bonds is 14. The summed E-state index contributed by atoms with van der Waals surface area (Å²) in [5, 5.41) is 28.1. The Balaban J connectivity index is 1.52. The summed E-state index contributed by atoms with van der Waals surface area (Å²) in [7, 11) is 0. The Morgan fingerprint density at radius 3 is 2.30 bits per heavy atom. The van der Waals surface area contributed by atoms with Crippen LogP contribution < -0.4 is 38.3 Å². The number of aromatic nitrogens is 4. The maximum absolute atomic E-state index is 12.6. The van der Waals surface area contributed by atoms with Crippen LogP contribution in [0.4, 0.5) is 11.6 Å². The van der Waals surface area contributed by atoms with E-state index in [9.17, 15) is 28.8 Å². The van der Waals surface area contributed by atoms with Gasteiger partial charge in [0.2, 0.25) is 17.8 Å². The zero-order chi connectivity index (χ0) is 31.7. The number of benzene rings is 1. The number of amides is 3. The standard InChI is InChI=1S/C25H30N10O8/c1-2-15(24(42)43)32-22(40)16(7-17(36)37)33-21(39)14(26)10-30-20(38)11-3-5-12(6-4-11)28-8-13-9-29-19-18(31-13)23(41)35-25(27)34-19/h3-6,9,14-16,28H,2,7-8,10,26H2,1H3,(H,30,38)(H,32,40)(H,33,39)(H,36,37)(H,42,43)(H3,27,29,34,35,41)/t14-,15-,16-/m0/s1. The number of fused-ring (bicyclic) bond motifs is 1. The fourth-order valence-corrected chi connectivity index (χ4v) is 3.66. The molecule has 1 aromatic carbocycles. The minimum Gasteiger partial charge on any atom is -0.481 e. The van der Waals surface area contributed by atoms with Gasteiger partial charge in [0.1, 0.15) is 18.1 Å². The van der Waals surface area contributed by atoms with E-state index in [2.05, 4.69) is 41.2 Å². The second-order valence-electron chi connectivity index (χ2n) is 9.20. The van der Waals surface area contributed by atoms with E-state index in [4.69, 9.17) is 21.7 Å². The van der Waals surface area contributed by atoms with E-state index in [0.29, 0.717) is 11.4 Å². The fourth-order valence-electron chi connectivity index (χ4n) is 3.66. The first kappa shape index (κ1) is 31.9. The van der Waals surface area contributed by atoms with Gasteiger partial charge in [-0.1, -0.05) is 6.92 Å². The molecule has 0 bridgehead atoms. The lowest BCUT2D eigenvalue weighted by Gasteiger charge is -2.21. The van der Waals surface area contributed by atoms with Gasteiger partial charge in [0.25, 0.3) is 11.5 Å². The maximum Gasteiger partial charge on any atom is 0.326 e. The molecule has 11 N–H and O–H groups in total. The monoisotopic (exact) mass is 598 g/mol. The average molecular weight is 599 g/mol. The summed E-state index contributed by atoms with van der Waals surface area (Å²) in [6, 6.07) is 2.03. The number of hydrogen-bond donors (Lipinski definition) is 9. The molecule has 0 fully saturated rings. The van der Waals surface area contributed by atoms with Gasteiger partial charge in [-0.25, -0.2) is 14.8 Å². The van der Waals surface area contributed by atoms with Crippen LogP contribution in [-0.2, 0) is 25.7 Å². The molecule has 18 heteroatoms. The topological polar surface area (TPSA) is 297 Å². The normalized spacial score (nSPS) is 12.9. The molecule has 3 atom stereocenters. The largest absolute Gasteiger partial charge is 0.481 e. The molecule has 0 unspecified atom stereocenters. The second-order valence-corrected chi connectivity index (χ2v) is 9.20. The van der Waals surface area contributed by atoms with Crippen molar-refractivity contribution < 1.29 is 34.2 Å². The number of nitrogens with two attached hydrogens (primary N) is 2. The SMILES string of the molecule is CC[C@H](NC(=O)[C@H](CC(=O)O)NC(=O)[C@@H](N)CNC(=O)c1ccc(NCc2cnc3nc(N)[nH]c(=O)c3n2)cc1)C(=O)O. The summed E-state index contributed by atoms with van der Waals surface area (Å²) < 4.78 is 0. The summed E-state index contributed by atoms with van der Waals surface area (Å²) in [5.74, 6) is -5.29. The van der Waals surface area contributed by atoms with Crippen molar-refractivity contribution in [2.24, 2.45) is 5.73 Å². The second kappa shape index (κ2) is 14.3. The molecular formula is C25H30N10O8. The number of aliphatic carboxylic acids is 2. The number of hydrogen-bond acceptors (Lipinski definition) is 12. The Morgan fingerprint density at radius 2 is 1.67 bits per heavy atom. The first-order chi connectivity index (χ1) is 20.4. The lowest BCUT2D eigenvalue weighted by Crippen LogP contribution is -2.56. The van der Waals surface area contributed by atoms with Gasteiger partial charge in [0, 0.05) is 17.8 Å². The zero-order valence-corrected chi connectivity index (χ0v) is 22.8. The highest BCUT2D eigenvalue weighted by atomic mass is 16.4. The van der Waals surface area contributed by atoms with Gasteiger partial charge in [0.15, 0.2) is 11.2 Å². The van der Waals surface area contributed by atoms with Gasteiger partial charge in [0.05, 0.1) is 24.9 Å². The highest BCUT2D eigenvalue weighted by molar-refractivity contribution is 5.96. The smallest absolute Gasteiger partial charge is 0.326 e. The molecule has 3 aromatic rings. The number of nitrogens with one attached hydrogen (secondary N) is 5. The Morgan fingerprint density at radius 1 is 1.00 bits per heavy atom. The number of carboxylic acid groups (broad SMARTS) is 2. The Bertz CT molecular complexity index is 1580. The molecule has 0 aliphatic rings. The third kappa shape index (κ3) is 8.92. The van der Waals surface area contributed by atoms with Crippen LogP contribution in [0.25, 0.3) is 11.2 Å². The molecule has 0 radical (unpaired) electrons. The van der Waals surface area contributed by atoms with Crippen LogP contribution >= 0.6 is 0 Å². The van der Waals surface area contributed by atoms with Crippen molar-refractivity contribution in [3.05, 3.63) is 52.1 Å². The van der Waals surface area contributed by atoms with Gasteiger partial charge in [-0.2, -0.15) is 4.98 Å². The molecule has 2 heterocycles. The van der Waals surface area contributed by atoms with Crippen molar-refractivity contribution >= 4 is 52.5 Å². The van der Waals surface area contributed by atoms with Crippen LogP contribution in [0.15, 0.2) is 35.3 Å². The van der Waals surface area contributed by atoms with E-state index in [-0.39, 0.29) is 42.2 Å². The number of nitrogen functional groups attached to an aromatic ring is 1. The van der Waals surface area contributed by atoms with Gasteiger partial charge in [-0.05, 0) is 30.7 Å². The molecule has 18 nitrogen and oxygen atoms in total. The van der Waals surface area contributed by atoms with E-state index >= 15 is 0 Å². The lowest BCUT2D eigenvalue weighted by molar-refractivity contribution is -0.143. The van der Waals surface area contributed by atoms with Gasteiger partial charge in [-0.15, -0.1) is 0 Å². The van der Waals surface area contributed by atoms with Crippen molar-refractivity contribution in [2.75, 3.05) is 17.6 Å². The van der Waals surface area contributed by atoms with Gasteiger partial charge in [-0.3, -0.25) is 29.0 Å². The summed E-state index contributed by atoms with van der Waals surface area (Å²) in [5.41, 5.74) is 12.3. The minimum atomic E-state index is -1.59. The minimum absolute atomic E-state index is 0.0347. The average Bonchev–Trinajstić information content (AvgIpc) is 2.96. The van der Waals surface area contributed by atoms with E-state index in [1.807, 2.05) is 0 Å². The predicted molar refractivity (Wildman–Crippen MR) is 150 cm³/mol. The highest BCUT2D eigenvalue weighted by Gasteiger charge is 2.29. The molecule has 0 spiro atoms. The summed E-state index contributed by atoms with van der Waals surface area (Å²) >= 11 is 0. The number of carbonyl (C=O) groups is 5. The third-order valence-electron chi connectivity index (χ3n) is 5.96. The maximum atomic E-state index is 12.6. The first-order valence-electron chi connectivity index (χ1n) is 12.8. The number of anilines is 2. The molecule has 2 aromatic heterocycles. The van der Waals surface area contributed by atoms with Crippen LogP contribution in [0, 0.1) is 0 Å². The van der Waals surface area contributed by atoms with Crippen LogP contribution in [0.2, 0.25) is 0 Å². The number of H-pyrrole nitrogens is 1. The summed E-state index contributed by atoms with van der Waals surface area (Å²) in [4.78, 5) is 86.4. The number of carbonyl (C=O) groups excluding carboxylic acids is 3. The Hall–Kier alpha value is -5.65. The van der Waals surface area contributed by atoms with Crippen LogP contribution in [0.5, 0.6) is 0 Å². The molecule has 0 saturated carbocycles. The molecule has 0 aliphatic heterocycles. The molecular weight excluding hydrogens is 568 g/mol. The van der Waals surface area contributed by atoms with Crippen molar-refractivity contribution in [2.45, 2.75) is 44.4 Å². The fraction of sp³-hybridized carbons (Fsp3) is 0.320. The van der Waals surface area contributed by atoms with Crippen LogP contribution in [0.1, 0.15) is 35.8 Å². The number of aromatic amines is 1. The number of carboxylic acids is 2. The predicted octanol–water partition coefficient (Wildman–Crippen LogP) is -2.10. The van der Waals surface area contributed by atoms with Crippen LogP contribution in [0.3, 0.4) is 0 Å². The quantitative estimate of drug-likeness (QED) is 0.0961. The molecule has 0 aliphatic carbocycles. The molecule has 3 rings (SSSR count). The number of nitrogens with zero attached hydrogens (tertiary/aromatic N) is 3. The lowest BCUT2D eigenvalue weighted by atomic mass is 10.1. The summed E-state index contributed by atoms with van der Waals surface area (Å²) in [6.07, 6.45) is 0.662. The molecule has 3 amide bonds.